The molecular formula is C11H21N2+. The van der Waals surface area contributed by atoms with Crippen LogP contribution in [0.5, 0.6) is 0 Å². The Balaban J connectivity index is 2.64. The molecule has 0 aliphatic rings. The van der Waals surface area contributed by atoms with Gasteiger partial charge in [0.15, 0.2) is 6.54 Å². The number of rotatable bonds is 4. The van der Waals surface area contributed by atoms with Gasteiger partial charge in [0.2, 0.25) is 5.69 Å². The zero-order valence-corrected chi connectivity index (χ0v) is 9.30. The van der Waals surface area contributed by atoms with E-state index in [1.807, 2.05) is 0 Å². The van der Waals surface area contributed by atoms with Crippen molar-refractivity contribution in [2.24, 2.45) is 7.05 Å². The summed E-state index contributed by atoms with van der Waals surface area (Å²) in [5, 5.41) is 0. The summed E-state index contributed by atoms with van der Waals surface area (Å²) in [6.07, 6.45) is 3.92. The first-order chi connectivity index (χ1) is 6.16. The molecule has 2 nitrogen and oxygen atoms in total. The zero-order chi connectivity index (χ0) is 9.84. The quantitative estimate of drug-likeness (QED) is 0.497. The molecule has 0 aliphatic carbocycles. The fourth-order valence-corrected chi connectivity index (χ4v) is 1.74. The summed E-state index contributed by atoms with van der Waals surface area (Å²) in [6.45, 7) is 7.74. The highest BCUT2D eigenvalue weighted by Gasteiger charge is 2.12. The van der Waals surface area contributed by atoms with E-state index in [9.17, 15) is 0 Å². The van der Waals surface area contributed by atoms with Gasteiger partial charge in [-0.05, 0) is 13.3 Å². The molecule has 0 atom stereocenters. The number of hydrogen-bond acceptors (Lipinski definition) is 0. The van der Waals surface area contributed by atoms with Crippen molar-refractivity contribution in [2.45, 2.75) is 46.6 Å². The summed E-state index contributed by atoms with van der Waals surface area (Å²) >= 11 is 0. The molecular weight excluding hydrogens is 160 g/mol. The van der Waals surface area contributed by atoms with Gasteiger partial charge in [-0.15, -0.1) is 4.68 Å². The van der Waals surface area contributed by atoms with Crippen LogP contribution in [0.3, 0.4) is 0 Å². The highest BCUT2D eigenvalue weighted by atomic mass is 15.4. The average molecular weight is 181 g/mol. The maximum absolute atomic E-state index is 2.35. The van der Waals surface area contributed by atoms with Crippen LogP contribution in [0.25, 0.3) is 0 Å². The first-order valence-corrected chi connectivity index (χ1v) is 5.20. The number of aromatic nitrogens is 2. The van der Waals surface area contributed by atoms with Gasteiger partial charge >= 0.3 is 0 Å². The van der Waals surface area contributed by atoms with Crippen molar-refractivity contribution in [2.75, 3.05) is 0 Å². The summed E-state index contributed by atoms with van der Waals surface area (Å²) < 4.78 is 4.59. The normalized spacial score (nSPS) is 10.8. The lowest BCUT2D eigenvalue weighted by atomic mass is 10.2. The minimum absolute atomic E-state index is 1.16. The third-order valence-electron chi connectivity index (χ3n) is 2.67. The lowest BCUT2D eigenvalue weighted by molar-refractivity contribution is -0.778. The van der Waals surface area contributed by atoms with Crippen LogP contribution >= 0.6 is 0 Å². The molecule has 1 heterocycles. The van der Waals surface area contributed by atoms with Gasteiger partial charge < -0.3 is 0 Å². The Morgan fingerprint density at radius 1 is 1.31 bits per heavy atom. The van der Waals surface area contributed by atoms with Crippen molar-refractivity contribution in [3.8, 4) is 0 Å². The van der Waals surface area contributed by atoms with Crippen LogP contribution in [-0.2, 0) is 13.6 Å². The van der Waals surface area contributed by atoms with Crippen LogP contribution in [0.4, 0.5) is 0 Å². The van der Waals surface area contributed by atoms with E-state index in [1.54, 1.807) is 0 Å². The Bertz CT molecular complexity index is 274. The van der Waals surface area contributed by atoms with Crippen molar-refractivity contribution < 1.29 is 4.68 Å². The lowest BCUT2D eigenvalue weighted by Gasteiger charge is -1.99. The van der Waals surface area contributed by atoms with E-state index in [-0.39, 0.29) is 0 Å². The fourth-order valence-electron chi connectivity index (χ4n) is 1.74. The van der Waals surface area contributed by atoms with Gasteiger partial charge in [-0.2, -0.15) is 4.68 Å². The minimum atomic E-state index is 1.16. The summed E-state index contributed by atoms with van der Waals surface area (Å²) in [5.41, 5.74) is 2.71. The molecule has 74 valence electrons. The van der Waals surface area contributed by atoms with E-state index in [2.05, 4.69) is 43.2 Å². The van der Waals surface area contributed by atoms with E-state index in [4.69, 9.17) is 0 Å². The van der Waals surface area contributed by atoms with E-state index in [1.165, 1.54) is 30.7 Å². The van der Waals surface area contributed by atoms with Crippen LogP contribution in [0, 0.1) is 13.8 Å². The van der Waals surface area contributed by atoms with Crippen molar-refractivity contribution >= 4 is 0 Å². The summed E-state index contributed by atoms with van der Waals surface area (Å²) in [7, 11) is 2.13. The van der Waals surface area contributed by atoms with Crippen LogP contribution < -0.4 is 4.68 Å². The Morgan fingerprint density at radius 2 is 2.00 bits per heavy atom. The Kier molecular flexibility index (Phi) is 3.52. The molecule has 1 aromatic heterocycles. The average Bonchev–Trinajstić information content (AvgIpc) is 2.32. The highest BCUT2D eigenvalue weighted by molar-refractivity contribution is 5.00. The monoisotopic (exact) mass is 181 g/mol. The third-order valence-corrected chi connectivity index (χ3v) is 2.67. The maximum Gasteiger partial charge on any atom is 0.205 e. The van der Waals surface area contributed by atoms with Gasteiger partial charge in [0, 0.05) is 19.4 Å². The Labute approximate surface area is 81.2 Å². The van der Waals surface area contributed by atoms with Crippen molar-refractivity contribution in [3.63, 3.8) is 0 Å². The van der Waals surface area contributed by atoms with Gasteiger partial charge in [0.05, 0.1) is 12.7 Å². The molecule has 0 unspecified atom stereocenters. The van der Waals surface area contributed by atoms with Gasteiger partial charge in [0.25, 0.3) is 0 Å². The molecule has 0 spiro atoms. The standard InChI is InChI=1S/C11H21N2/c1-5-6-7-8-13-11(3)9-10(2)12(13)4/h9H,5-8H2,1-4H3/q+1. The van der Waals surface area contributed by atoms with E-state index < -0.39 is 0 Å². The molecule has 0 N–H and O–H groups in total. The third kappa shape index (κ3) is 2.33. The Morgan fingerprint density at radius 3 is 2.46 bits per heavy atom. The minimum Gasteiger partial charge on any atom is -0.161 e. The van der Waals surface area contributed by atoms with Gasteiger partial charge in [-0.1, -0.05) is 13.3 Å². The molecule has 2 heteroatoms. The molecule has 0 saturated heterocycles. The van der Waals surface area contributed by atoms with Crippen LogP contribution in [0.2, 0.25) is 0 Å². The second-order valence-corrected chi connectivity index (χ2v) is 3.78. The molecule has 0 amide bonds. The smallest absolute Gasteiger partial charge is 0.161 e. The summed E-state index contributed by atoms with van der Waals surface area (Å²) in [4.78, 5) is 0. The van der Waals surface area contributed by atoms with Crippen molar-refractivity contribution in [3.05, 3.63) is 17.5 Å². The van der Waals surface area contributed by atoms with E-state index in [0.717, 1.165) is 6.54 Å². The van der Waals surface area contributed by atoms with E-state index >= 15 is 0 Å². The molecule has 13 heavy (non-hydrogen) atoms. The summed E-state index contributed by atoms with van der Waals surface area (Å²) in [6, 6.07) is 2.24. The first kappa shape index (κ1) is 10.3. The van der Waals surface area contributed by atoms with E-state index in [0.29, 0.717) is 0 Å². The first-order valence-electron chi connectivity index (χ1n) is 5.20. The predicted molar refractivity (Wildman–Crippen MR) is 54.6 cm³/mol. The zero-order valence-electron chi connectivity index (χ0n) is 9.30. The molecule has 0 saturated carbocycles. The van der Waals surface area contributed by atoms with Gasteiger partial charge in [-0.3, -0.25) is 0 Å². The molecule has 0 bridgehead atoms. The van der Waals surface area contributed by atoms with Crippen molar-refractivity contribution in [1.82, 2.24) is 4.68 Å². The lowest BCUT2D eigenvalue weighted by Crippen LogP contribution is -2.44. The van der Waals surface area contributed by atoms with Gasteiger partial charge in [0.1, 0.15) is 0 Å². The molecule has 0 fully saturated rings. The number of unbranched alkanes of at least 4 members (excludes halogenated alkanes) is 2. The topological polar surface area (TPSA) is 8.81 Å². The highest BCUT2D eigenvalue weighted by Crippen LogP contribution is 2.00. The van der Waals surface area contributed by atoms with Crippen molar-refractivity contribution in [1.29, 1.82) is 0 Å². The Hall–Kier alpha value is -0.790. The molecule has 0 aromatic carbocycles. The molecule has 0 aliphatic heterocycles. The summed E-state index contributed by atoms with van der Waals surface area (Å²) in [5.74, 6) is 0. The fraction of sp³-hybridized carbons (Fsp3) is 0.727. The van der Waals surface area contributed by atoms with Crippen LogP contribution in [-0.4, -0.2) is 4.68 Å². The number of aryl methyl sites for hydroxylation is 2. The largest absolute Gasteiger partial charge is 0.205 e. The maximum atomic E-state index is 2.35. The second-order valence-electron chi connectivity index (χ2n) is 3.78. The molecule has 1 aromatic rings. The van der Waals surface area contributed by atoms with Crippen LogP contribution in [0.1, 0.15) is 37.6 Å². The molecule has 1 rings (SSSR count). The predicted octanol–water partition coefficient (Wildman–Crippen LogP) is 2.12. The molecule has 0 radical (unpaired) electrons. The number of nitrogens with zero attached hydrogens (tertiary/aromatic N) is 2. The SMILES string of the molecule is CCCCC[n+]1c(C)cc(C)n1C. The van der Waals surface area contributed by atoms with Gasteiger partial charge in [-0.25, -0.2) is 0 Å². The van der Waals surface area contributed by atoms with Crippen LogP contribution in [0.15, 0.2) is 6.07 Å². The number of hydrogen-bond donors (Lipinski definition) is 0. The second kappa shape index (κ2) is 4.45.